The summed E-state index contributed by atoms with van der Waals surface area (Å²) in [4.78, 5) is 6.38. The molecular weight excluding hydrogens is 209 g/mol. The Morgan fingerprint density at radius 3 is 2.46 bits per heavy atom. The Labute approximate surface area is 76.2 Å². The summed E-state index contributed by atoms with van der Waals surface area (Å²) in [5.74, 6) is -0.252. The molecule has 1 heterocycles. The van der Waals surface area contributed by atoms with Gasteiger partial charge in [0, 0.05) is 6.20 Å². The highest BCUT2D eigenvalue weighted by Gasteiger charge is 2.34. The van der Waals surface area contributed by atoms with Crippen molar-refractivity contribution in [3.8, 4) is 0 Å². The smallest absolute Gasteiger partial charge is 0.238 e. The Hall–Kier alpha value is -0.880. The molecule has 0 atom stereocenters. The first-order valence-corrected chi connectivity index (χ1v) is 3.49. The molecule has 1 radical (unpaired) electrons. The van der Waals surface area contributed by atoms with Crippen molar-refractivity contribution < 1.29 is 18.3 Å². The third-order valence-electron chi connectivity index (χ3n) is 1.23. The van der Waals surface area contributed by atoms with Crippen molar-refractivity contribution in [3.63, 3.8) is 0 Å². The van der Waals surface area contributed by atoms with E-state index in [4.69, 9.17) is 11.6 Å². The number of alkyl halides is 3. The summed E-state index contributed by atoms with van der Waals surface area (Å²) in [6, 6.07) is 0. The largest absolute Gasteiger partial charge is 0.420 e. The van der Waals surface area contributed by atoms with Gasteiger partial charge in [0.1, 0.15) is 17.3 Å². The highest BCUT2D eigenvalue weighted by molar-refractivity contribution is 6.30. The zero-order valence-corrected chi connectivity index (χ0v) is 6.85. The van der Waals surface area contributed by atoms with Crippen LogP contribution >= 0.6 is 11.6 Å². The summed E-state index contributed by atoms with van der Waals surface area (Å²) >= 11 is 5.18. The van der Waals surface area contributed by atoms with E-state index in [-0.39, 0.29) is 5.82 Å². The Kier molecular flexibility index (Phi) is 2.72. The van der Waals surface area contributed by atoms with Crippen molar-refractivity contribution in [1.82, 2.24) is 9.97 Å². The van der Waals surface area contributed by atoms with Gasteiger partial charge in [-0.1, -0.05) is 11.6 Å². The van der Waals surface area contributed by atoms with Gasteiger partial charge in [-0.2, -0.15) is 13.2 Å². The van der Waals surface area contributed by atoms with Crippen molar-refractivity contribution in [2.75, 3.05) is 0 Å². The van der Waals surface area contributed by atoms with Gasteiger partial charge in [0.05, 0.1) is 0 Å². The van der Waals surface area contributed by atoms with Crippen LogP contribution in [-0.2, 0) is 17.9 Å². The third kappa shape index (κ3) is 2.28. The second-order valence-electron chi connectivity index (χ2n) is 2.13. The highest BCUT2D eigenvalue weighted by Crippen LogP contribution is 2.32. The number of aromatic nitrogens is 2. The molecule has 0 aromatic carbocycles. The van der Waals surface area contributed by atoms with Gasteiger partial charge < -0.3 is 0 Å². The fourth-order valence-electron chi connectivity index (χ4n) is 0.654. The molecular formula is C6H3ClF3N2O. The van der Waals surface area contributed by atoms with E-state index in [0.29, 0.717) is 6.20 Å². The zero-order valence-electron chi connectivity index (χ0n) is 6.10. The van der Waals surface area contributed by atoms with Crippen molar-refractivity contribution in [3.05, 3.63) is 22.7 Å². The van der Waals surface area contributed by atoms with E-state index in [9.17, 15) is 18.3 Å². The van der Waals surface area contributed by atoms with E-state index in [0.717, 1.165) is 0 Å². The van der Waals surface area contributed by atoms with Crippen molar-refractivity contribution >= 4 is 11.6 Å². The maximum Gasteiger partial charge on any atom is 0.420 e. The van der Waals surface area contributed by atoms with Crippen molar-refractivity contribution in [2.45, 2.75) is 12.8 Å². The molecule has 7 heteroatoms. The van der Waals surface area contributed by atoms with Crippen LogP contribution in [-0.4, -0.2) is 9.97 Å². The molecule has 0 amide bonds. The monoisotopic (exact) mass is 211 g/mol. The van der Waals surface area contributed by atoms with Crippen LogP contribution in [0.1, 0.15) is 11.4 Å². The SMILES string of the molecule is [O]Cc1ncc(C(F)(F)F)c(Cl)n1. The normalized spacial score (nSPS) is 11.8. The summed E-state index contributed by atoms with van der Waals surface area (Å²) in [6.45, 7) is -0.794. The predicted octanol–water partition coefficient (Wildman–Crippen LogP) is 2.08. The quantitative estimate of drug-likeness (QED) is 0.668. The summed E-state index contributed by atoms with van der Waals surface area (Å²) in [5, 5.41) is 9.44. The summed E-state index contributed by atoms with van der Waals surface area (Å²) in [5.41, 5.74) is -1.13. The minimum atomic E-state index is -4.58. The van der Waals surface area contributed by atoms with Crippen LogP contribution in [0.5, 0.6) is 0 Å². The van der Waals surface area contributed by atoms with Gasteiger partial charge in [-0.3, -0.25) is 0 Å². The summed E-state index contributed by atoms with van der Waals surface area (Å²) in [6.07, 6.45) is -4.08. The van der Waals surface area contributed by atoms with Crippen LogP contribution in [0, 0.1) is 0 Å². The van der Waals surface area contributed by atoms with Crippen molar-refractivity contribution in [1.29, 1.82) is 0 Å². The Balaban J connectivity index is 3.13. The van der Waals surface area contributed by atoms with E-state index in [1.165, 1.54) is 0 Å². The Bertz CT molecular complexity index is 315. The van der Waals surface area contributed by atoms with E-state index in [1.807, 2.05) is 0 Å². The highest BCUT2D eigenvalue weighted by atomic mass is 35.5. The lowest BCUT2D eigenvalue weighted by Crippen LogP contribution is -2.09. The number of rotatable bonds is 1. The predicted molar refractivity (Wildman–Crippen MR) is 36.4 cm³/mol. The van der Waals surface area contributed by atoms with Crippen molar-refractivity contribution in [2.24, 2.45) is 0 Å². The molecule has 3 nitrogen and oxygen atoms in total. The average molecular weight is 212 g/mol. The third-order valence-corrected chi connectivity index (χ3v) is 1.51. The molecule has 13 heavy (non-hydrogen) atoms. The first kappa shape index (κ1) is 10.2. The molecule has 0 saturated heterocycles. The van der Waals surface area contributed by atoms with Gasteiger partial charge in [-0.15, -0.1) is 0 Å². The second-order valence-corrected chi connectivity index (χ2v) is 2.49. The maximum absolute atomic E-state index is 12.0. The van der Waals surface area contributed by atoms with Gasteiger partial charge in [-0.25, -0.2) is 15.1 Å². The van der Waals surface area contributed by atoms with Gasteiger partial charge >= 0.3 is 6.18 Å². The molecule has 0 aliphatic rings. The fourth-order valence-corrected chi connectivity index (χ4v) is 0.908. The number of hydrogen-bond acceptors (Lipinski definition) is 2. The maximum atomic E-state index is 12.0. The lowest BCUT2D eigenvalue weighted by atomic mass is 10.3. The molecule has 1 aromatic rings. The first-order chi connectivity index (χ1) is 5.95. The Morgan fingerprint density at radius 2 is 2.08 bits per heavy atom. The molecule has 71 valence electrons. The summed E-state index contributed by atoms with van der Waals surface area (Å²) in [7, 11) is 0. The standard InChI is InChI=1S/C6H3ClF3N2O/c7-5-3(6(8,9)10)1-11-4(2-13)12-5/h1H,2H2. The lowest BCUT2D eigenvalue weighted by Gasteiger charge is -2.07. The van der Waals surface area contributed by atoms with Crippen LogP contribution < -0.4 is 0 Å². The Morgan fingerprint density at radius 1 is 1.46 bits per heavy atom. The fraction of sp³-hybridized carbons (Fsp3) is 0.333. The van der Waals surface area contributed by atoms with Crippen LogP contribution in [0.15, 0.2) is 6.20 Å². The summed E-state index contributed by atoms with van der Waals surface area (Å²) < 4.78 is 36.1. The molecule has 0 aliphatic carbocycles. The molecule has 0 N–H and O–H groups in total. The molecule has 0 unspecified atom stereocenters. The molecule has 0 spiro atoms. The average Bonchev–Trinajstić information content (AvgIpc) is 2.01. The molecule has 0 aliphatic heterocycles. The molecule has 0 saturated carbocycles. The molecule has 1 aromatic heterocycles. The zero-order chi connectivity index (χ0) is 10.1. The number of nitrogens with zero attached hydrogens (tertiary/aromatic N) is 2. The minimum absolute atomic E-state index is 0.252. The van der Waals surface area contributed by atoms with E-state index >= 15 is 0 Å². The van der Waals surface area contributed by atoms with Gasteiger partial charge in [0.25, 0.3) is 0 Å². The lowest BCUT2D eigenvalue weighted by molar-refractivity contribution is -0.138. The topological polar surface area (TPSA) is 45.7 Å². The minimum Gasteiger partial charge on any atom is -0.238 e. The molecule has 1 rings (SSSR count). The second kappa shape index (κ2) is 3.47. The van der Waals surface area contributed by atoms with E-state index in [2.05, 4.69) is 9.97 Å². The van der Waals surface area contributed by atoms with E-state index < -0.39 is 23.5 Å². The van der Waals surface area contributed by atoms with Gasteiger partial charge in [0.2, 0.25) is 0 Å². The number of hydrogen-bond donors (Lipinski definition) is 0. The first-order valence-electron chi connectivity index (χ1n) is 3.12. The van der Waals surface area contributed by atoms with E-state index in [1.54, 1.807) is 0 Å². The van der Waals surface area contributed by atoms with Gasteiger partial charge in [0.15, 0.2) is 5.82 Å². The van der Waals surface area contributed by atoms with Crippen LogP contribution in [0.4, 0.5) is 13.2 Å². The molecule has 0 bridgehead atoms. The van der Waals surface area contributed by atoms with Crippen LogP contribution in [0.2, 0.25) is 5.15 Å². The van der Waals surface area contributed by atoms with Crippen LogP contribution in [0.3, 0.4) is 0 Å². The van der Waals surface area contributed by atoms with Gasteiger partial charge in [-0.05, 0) is 0 Å². The number of halogens is 4. The molecule has 0 fully saturated rings. The van der Waals surface area contributed by atoms with Crippen LogP contribution in [0.25, 0.3) is 0 Å².